The van der Waals surface area contributed by atoms with Gasteiger partial charge in [0.15, 0.2) is 0 Å². The van der Waals surface area contributed by atoms with E-state index in [1.54, 1.807) is 24.3 Å². The first-order valence-electron chi connectivity index (χ1n) is 3.38. The van der Waals surface area contributed by atoms with E-state index in [0.29, 0.717) is 5.56 Å². The molecule has 0 bridgehead atoms. The van der Waals surface area contributed by atoms with Crippen molar-refractivity contribution < 1.29 is 6.48 Å². The van der Waals surface area contributed by atoms with E-state index in [4.69, 9.17) is 6.48 Å². The SMILES string of the molecule is [2H]C(C)(O)c1ccccc1. The van der Waals surface area contributed by atoms with Crippen LogP contribution in [0, 0.1) is 0 Å². The zero-order valence-corrected chi connectivity index (χ0v) is 5.33. The Balaban J connectivity index is 2.97. The summed E-state index contributed by atoms with van der Waals surface area (Å²) in [5.74, 6) is 0. The lowest BCUT2D eigenvalue weighted by atomic mass is 10.1. The summed E-state index contributed by atoms with van der Waals surface area (Å²) in [5, 5.41) is 9.16. The summed E-state index contributed by atoms with van der Waals surface area (Å²) in [5.41, 5.74) is 0.620. The zero-order valence-electron chi connectivity index (χ0n) is 6.33. The Kier molecular flexibility index (Phi) is 1.47. The van der Waals surface area contributed by atoms with Crippen molar-refractivity contribution in [3.8, 4) is 0 Å². The highest BCUT2D eigenvalue weighted by atomic mass is 16.3. The van der Waals surface area contributed by atoms with Crippen LogP contribution in [0.1, 0.15) is 19.9 Å². The largest absolute Gasteiger partial charge is 0.389 e. The summed E-state index contributed by atoms with van der Waals surface area (Å²) in [4.78, 5) is 0. The first-order valence-corrected chi connectivity index (χ1v) is 2.88. The van der Waals surface area contributed by atoms with E-state index in [2.05, 4.69) is 0 Å². The van der Waals surface area contributed by atoms with Crippen LogP contribution in [0.4, 0.5) is 0 Å². The summed E-state index contributed by atoms with van der Waals surface area (Å²) >= 11 is 0. The standard InChI is InChI=1S/C8H10O/c1-7(9)8-5-3-2-4-6-8/h2-7,9H,1H3/i7D. The van der Waals surface area contributed by atoms with E-state index >= 15 is 0 Å². The van der Waals surface area contributed by atoms with Crippen LogP contribution in [-0.4, -0.2) is 5.11 Å². The molecule has 1 aromatic rings. The monoisotopic (exact) mass is 123 g/mol. The van der Waals surface area contributed by atoms with E-state index in [0.717, 1.165) is 0 Å². The molecule has 1 unspecified atom stereocenters. The molecule has 9 heavy (non-hydrogen) atoms. The van der Waals surface area contributed by atoms with Gasteiger partial charge >= 0.3 is 0 Å². The molecular weight excluding hydrogens is 112 g/mol. The molecule has 1 aromatic carbocycles. The molecule has 1 nitrogen and oxygen atoms in total. The first kappa shape index (κ1) is 5.00. The van der Waals surface area contributed by atoms with E-state index < -0.39 is 6.08 Å². The van der Waals surface area contributed by atoms with E-state index in [1.165, 1.54) is 6.92 Å². The number of hydrogen-bond donors (Lipinski definition) is 1. The molecule has 1 rings (SSSR count). The maximum absolute atomic E-state index is 9.16. The summed E-state index contributed by atoms with van der Waals surface area (Å²) in [6.07, 6.45) is -1.46. The van der Waals surface area contributed by atoms with Crippen molar-refractivity contribution in [3.05, 3.63) is 35.9 Å². The zero-order chi connectivity index (χ0) is 7.61. The minimum absolute atomic E-state index is 0.620. The van der Waals surface area contributed by atoms with Crippen LogP contribution in [0.3, 0.4) is 0 Å². The Morgan fingerprint density at radius 2 is 2.00 bits per heavy atom. The molecule has 0 aliphatic carbocycles. The lowest BCUT2D eigenvalue weighted by molar-refractivity contribution is 0.199. The summed E-state index contributed by atoms with van der Waals surface area (Å²) in [7, 11) is 0. The normalized spacial score (nSPS) is 18.2. The van der Waals surface area contributed by atoms with Gasteiger partial charge in [0.1, 0.15) is 0 Å². The fraction of sp³-hybridized carbons (Fsp3) is 0.250. The van der Waals surface area contributed by atoms with Crippen LogP contribution in [-0.2, 0) is 0 Å². The third-order valence-electron chi connectivity index (χ3n) is 1.19. The summed E-state index contributed by atoms with van der Waals surface area (Å²) in [6.45, 7) is 1.45. The van der Waals surface area contributed by atoms with Crippen molar-refractivity contribution >= 4 is 0 Å². The van der Waals surface area contributed by atoms with Gasteiger partial charge in [0.25, 0.3) is 0 Å². The van der Waals surface area contributed by atoms with Gasteiger partial charge in [0, 0.05) is 0 Å². The number of benzene rings is 1. The Bertz CT molecular complexity index is 200. The molecule has 0 aliphatic rings. The lowest BCUT2D eigenvalue weighted by Gasteiger charge is -2.00. The van der Waals surface area contributed by atoms with Crippen LogP contribution in [0.2, 0.25) is 0 Å². The molecule has 0 amide bonds. The first-order chi connectivity index (χ1) is 4.61. The van der Waals surface area contributed by atoms with Crippen LogP contribution in [0.5, 0.6) is 0 Å². The third kappa shape index (κ3) is 1.54. The quantitative estimate of drug-likeness (QED) is 0.603. The van der Waals surface area contributed by atoms with Gasteiger partial charge < -0.3 is 5.11 Å². The average molecular weight is 123 g/mol. The molecule has 0 heterocycles. The maximum atomic E-state index is 9.16. The van der Waals surface area contributed by atoms with Crippen LogP contribution in [0.15, 0.2) is 30.3 Å². The minimum atomic E-state index is -1.46. The number of rotatable bonds is 1. The van der Waals surface area contributed by atoms with Crippen molar-refractivity contribution in [2.75, 3.05) is 0 Å². The molecule has 1 heteroatoms. The van der Waals surface area contributed by atoms with Gasteiger partial charge in [-0.15, -0.1) is 0 Å². The van der Waals surface area contributed by atoms with Gasteiger partial charge in [-0.05, 0) is 12.5 Å². The van der Waals surface area contributed by atoms with Crippen molar-refractivity contribution in [2.24, 2.45) is 0 Å². The Morgan fingerprint density at radius 3 is 2.33 bits per heavy atom. The van der Waals surface area contributed by atoms with Crippen LogP contribution < -0.4 is 0 Å². The second-order valence-corrected chi connectivity index (χ2v) is 1.95. The number of hydrogen-bond acceptors (Lipinski definition) is 1. The van der Waals surface area contributed by atoms with Crippen molar-refractivity contribution in [1.29, 1.82) is 0 Å². The molecular formula is C8H10O. The fourth-order valence-electron chi connectivity index (χ4n) is 0.679. The molecule has 0 fully saturated rings. The van der Waals surface area contributed by atoms with Gasteiger partial charge in [0.2, 0.25) is 0 Å². The molecule has 0 saturated carbocycles. The molecule has 1 N–H and O–H groups in total. The van der Waals surface area contributed by atoms with Gasteiger partial charge in [-0.3, -0.25) is 0 Å². The highest BCUT2D eigenvalue weighted by molar-refractivity contribution is 5.16. The Morgan fingerprint density at radius 1 is 1.44 bits per heavy atom. The van der Waals surface area contributed by atoms with Gasteiger partial charge in [-0.2, -0.15) is 0 Å². The molecule has 0 saturated heterocycles. The Hall–Kier alpha value is -0.820. The van der Waals surface area contributed by atoms with Crippen molar-refractivity contribution in [3.63, 3.8) is 0 Å². The molecule has 48 valence electrons. The molecule has 0 aliphatic heterocycles. The predicted molar refractivity (Wildman–Crippen MR) is 37.1 cm³/mol. The van der Waals surface area contributed by atoms with E-state index in [1.807, 2.05) is 6.07 Å². The van der Waals surface area contributed by atoms with Gasteiger partial charge in [0.05, 0.1) is 7.45 Å². The topological polar surface area (TPSA) is 20.2 Å². The second kappa shape index (κ2) is 2.65. The van der Waals surface area contributed by atoms with Crippen molar-refractivity contribution in [2.45, 2.75) is 13.0 Å². The Labute approximate surface area is 56.4 Å². The number of aliphatic hydroxyl groups is 1. The predicted octanol–water partition coefficient (Wildman–Crippen LogP) is 1.74. The van der Waals surface area contributed by atoms with Crippen molar-refractivity contribution in [1.82, 2.24) is 0 Å². The minimum Gasteiger partial charge on any atom is -0.389 e. The smallest absolute Gasteiger partial charge is 0.0761 e. The van der Waals surface area contributed by atoms with Gasteiger partial charge in [-0.25, -0.2) is 0 Å². The van der Waals surface area contributed by atoms with E-state index in [9.17, 15) is 0 Å². The molecule has 0 aromatic heterocycles. The second-order valence-electron chi connectivity index (χ2n) is 1.95. The maximum Gasteiger partial charge on any atom is 0.0761 e. The van der Waals surface area contributed by atoms with Gasteiger partial charge in [-0.1, -0.05) is 30.3 Å². The fourth-order valence-corrected chi connectivity index (χ4v) is 0.679. The van der Waals surface area contributed by atoms with Crippen LogP contribution in [0.25, 0.3) is 0 Å². The molecule has 0 spiro atoms. The third-order valence-corrected chi connectivity index (χ3v) is 1.19. The van der Waals surface area contributed by atoms with Crippen LogP contribution >= 0.6 is 0 Å². The highest BCUT2D eigenvalue weighted by Crippen LogP contribution is 2.08. The average Bonchev–Trinajstić information content (AvgIpc) is 1.88. The summed E-state index contributed by atoms with van der Waals surface area (Å²) < 4.78 is 7.23. The summed E-state index contributed by atoms with van der Waals surface area (Å²) in [6, 6.07) is 8.92. The molecule has 1 atom stereocenters. The van der Waals surface area contributed by atoms with E-state index in [-0.39, 0.29) is 0 Å². The highest BCUT2D eigenvalue weighted by Gasteiger charge is 1.95. The molecule has 0 radical (unpaired) electrons. The lowest BCUT2D eigenvalue weighted by Crippen LogP contribution is -1.87.